The molecule has 2 aliphatic carbocycles. The molecule has 2 bridgehead atoms. The van der Waals surface area contributed by atoms with Crippen LogP contribution in [0.5, 0.6) is 11.5 Å². The lowest BCUT2D eigenvalue weighted by Gasteiger charge is -2.49. The largest absolute Gasteiger partial charge is 0.497 e. The van der Waals surface area contributed by atoms with Crippen LogP contribution in [0, 0.1) is 0 Å². The van der Waals surface area contributed by atoms with E-state index in [1.54, 1.807) is 14.2 Å². The second-order valence-corrected chi connectivity index (χ2v) is 6.46. The number of piperidine rings is 1. The zero-order valence-corrected chi connectivity index (χ0v) is 12.8. The summed E-state index contributed by atoms with van der Waals surface area (Å²) in [6, 6.07) is 4.64. The Balaban J connectivity index is 1.85. The number of allylic oxidation sites excluding steroid dienone is 2. The Kier molecular flexibility index (Phi) is 2.33. The third kappa shape index (κ3) is 1.24. The predicted octanol–water partition coefficient (Wildman–Crippen LogP) is 2.08. The van der Waals surface area contributed by atoms with Gasteiger partial charge in [-0.3, -0.25) is 0 Å². The molecule has 0 aromatic heterocycles. The van der Waals surface area contributed by atoms with E-state index in [2.05, 4.69) is 23.5 Å². The van der Waals surface area contributed by atoms with Gasteiger partial charge in [0, 0.05) is 11.6 Å². The fourth-order valence-electron chi connectivity index (χ4n) is 4.85. The van der Waals surface area contributed by atoms with Gasteiger partial charge in [-0.05, 0) is 42.7 Å². The van der Waals surface area contributed by atoms with Crippen molar-refractivity contribution in [1.82, 2.24) is 5.32 Å². The summed E-state index contributed by atoms with van der Waals surface area (Å²) in [4.78, 5) is 0. The van der Waals surface area contributed by atoms with Crippen LogP contribution >= 0.6 is 0 Å². The minimum Gasteiger partial charge on any atom is -0.497 e. The maximum absolute atomic E-state index is 6.42. The van der Waals surface area contributed by atoms with Gasteiger partial charge in [0.05, 0.1) is 19.6 Å². The van der Waals surface area contributed by atoms with Gasteiger partial charge in [-0.15, -0.1) is 0 Å². The Morgan fingerprint density at radius 2 is 2.14 bits per heavy atom. The summed E-state index contributed by atoms with van der Waals surface area (Å²) >= 11 is 0. The van der Waals surface area contributed by atoms with Crippen molar-refractivity contribution in [3.8, 4) is 11.5 Å². The van der Waals surface area contributed by atoms with Crippen molar-refractivity contribution < 1.29 is 14.2 Å². The van der Waals surface area contributed by atoms with Crippen LogP contribution in [0.3, 0.4) is 0 Å². The topological polar surface area (TPSA) is 39.7 Å². The van der Waals surface area contributed by atoms with Gasteiger partial charge >= 0.3 is 0 Å². The maximum atomic E-state index is 6.42. The molecule has 0 amide bonds. The summed E-state index contributed by atoms with van der Waals surface area (Å²) in [6.45, 7) is 1.01. The molecule has 4 aliphatic rings. The van der Waals surface area contributed by atoms with E-state index in [-0.39, 0.29) is 11.5 Å². The number of benzene rings is 1. The number of hydrogen-bond donors (Lipinski definition) is 1. The summed E-state index contributed by atoms with van der Waals surface area (Å²) in [7, 11) is 3.44. The molecule has 2 aliphatic heterocycles. The molecule has 4 nitrogen and oxygen atoms in total. The molecule has 114 valence electrons. The van der Waals surface area contributed by atoms with Crippen molar-refractivity contribution in [2.24, 2.45) is 0 Å². The molecule has 1 fully saturated rings. The smallest absolute Gasteiger partial charge is 0.169 e. The highest BCUT2D eigenvalue weighted by molar-refractivity contribution is 5.67. The predicted molar refractivity (Wildman–Crippen MR) is 82.4 cm³/mol. The molecule has 1 saturated heterocycles. The normalized spacial score (nSPS) is 33.4. The lowest BCUT2D eigenvalue weighted by Crippen LogP contribution is -2.58. The van der Waals surface area contributed by atoms with Crippen LogP contribution in [0.2, 0.25) is 0 Å². The lowest BCUT2D eigenvalue weighted by molar-refractivity contribution is 0.0998. The van der Waals surface area contributed by atoms with Crippen LogP contribution < -0.4 is 14.8 Å². The summed E-state index contributed by atoms with van der Waals surface area (Å²) in [5.41, 5.74) is 4.09. The lowest BCUT2D eigenvalue weighted by atomic mass is 9.58. The van der Waals surface area contributed by atoms with Gasteiger partial charge in [0.2, 0.25) is 0 Å². The van der Waals surface area contributed by atoms with E-state index in [1.807, 2.05) is 6.07 Å². The van der Waals surface area contributed by atoms with Crippen molar-refractivity contribution >= 4 is 0 Å². The molecule has 1 N–H and O–H groups in total. The number of nitrogens with one attached hydrogen (secondary N) is 1. The SMILES string of the molecule is COC1=CC=C2C3Cc4ccc(OC)c5c4[C@@]2(CCN3)[C@H]1O5. The van der Waals surface area contributed by atoms with Crippen molar-refractivity contribution in [2.45, 2.75) is 30.4 Å². The van der Waals surface area contributed by atoms with E-state index >= 15 is 0 Å². The molecule has 1 aromatic rings. The van der Waals surface area contributed by atoms with Crippen molar-refractivity contribution in [1.29, 1.82) is 0 Å². The van der Waals surface area contributed by atoms with Crippen LogP contribution in [0.25, 0.3) is 0 Å². The fraction of sp³-hybridized carbons (Fsp3) is 0.444. The second kappa shape index (κ2) is 4.07. The standard InChI is InChI=1S/C18H19NO3/c1-20-13-5-3-10-9-12-11-4-6-14(21-2)17-18(11,7-8-19-12)15(10)16(13)22-17/h3-6,12,17,19H,7-9H2,1-2H3/t12?,17-,18-/m0/s1. The van der Waals surface area contributed by atoms with Gasteiger partial charge in [0.25, 0.3) is 0 Å². The number of ether oxygens (including phenoxy) is 3. The monoisotopic (exact) mass is 297 g/mol. The summed E-state index contributed by atoms with van der Waals surface area (Å²) in [5.74, 6) is 2.66. The molecular weight excluding hydrogens is 278 g/mol. The van der Waals surface area contributed by atoms with Crippen LogP contribution in [0.4, 0.5) is 0 Å². The zero-order valence-electron chi connectivity index (χ0n) is 12.8. The number of hydrogen-bond acceptors (Lipinski definition) is 4. The Labute approximate surface area is 129 Å². The molecule has 2 heterocycles. The van der Waals surface area contributed by atoms with Crippen LogP contribution in [0.15, 0.2) is 35.6 Å². The maximum Gasteiger partial charge on any atom is 0.169 e. The van der Waals surface area contributed by atoms with Gasteiger partial charge in [0.1, 0.15) is 5.76 Å². The highest BCUT2D eigenvalue weighted by Gasteiger charge is 2.61. The van der Waals surface area contributed by atoms with Crippen LogP contribution in [-0.2, 0) is 16.6 Å². The highest BCUT2D eigenvalue weighted by Crippen LogP contribution is 2.61. The average Bonchev–Trinajstić information content (AvgIpc) is 2.88. The van der Waals surface area contributed by atoms with E-state index in [9.17, 15) is 0 Å². The van der Waals surface area contributed by atoms with Gasteiger partial charge in [-0.1, -0.05) is 12.1 Å². The number of methoxy groups -OCH3 is 2. The highest BCUT2D eigenvalue weighted by atomic mass is 16.6. The quantitative estimate of drug-likeness (QED) is 0.907. The molecule has 4 heteroatoms. The summed E-state index contributed by atoms with van der Waals surface area (Å²) in [6.07, 6.45) is 6.31. The van der Waals surface area contributed by atoms with E-state index in [0.717, 1.165) is 36.6 Å². The molecule has 1 unspecified atom stereocenters. The van der Waals surface area contributed by atoms with E-state index < -0.39 is 0 Å². The third-order valence-corrected chi connectivity index (χ3v) is 5.70. The number of rotatable bonds is 2. The summed E-state index contributed by atoms with van der Waals surface area (Å²) < 4.78 is 17.6. The van der Waals surface area contributed by atoms with Gasteiger partial charge in [-0.2, -0.15) is 0 Å². The first kappa shape index (κ1) is 12.6. The Bertz CT molecular complexity index is 736. The average molecular weight is 297 g/mol. The fourth-order valence-corrected chi connectivity index (χ4v) is 4.85. The first-order valence-electron chi connectivity index (χ1n) is 7.86. The van der Waals surface area contributed by atoms with E-state index in [4.69, 9.17) is 14.2 Å². The molecule has 0 saturated carbocycles. The van der Waals surface area contributed by atoms with Gasteiger partial charge < -0.3 is 19.5 Å². The van der Waals surface area contributed by atoms with Crippen molar-refractivity contribution in [2.75, 3.05) is 20.8 Å². The Morgan fingerprint density at radius 3 is 2.95 bits per heavy atom. The second-order valence-electron chi connectivity index (χ2n) is 6.46. The molecule has 3 atom stereocenters. The minimum absolute atomic E-state index is 0.0625. The molecule has 1 aromatic carbocycles. The molecule has 1 spiro atoms. The minimum atomic E-state index is -0.0759. The first-order chi connectivity index (χ1) is 10.8. The van der Waals surface area contributed by atoms with Crippen LogP contribution in [0.1, 0.15) is 17.5 Å². The molecule has 0 radical (unpaired) electrons. The molecule has 22 heavy (non-hydrogen) atoms. The molecule has 5 rings (SSSR count). The van der Waals surface area contributed by atoms with Crippen molar-refractivity contribution in [3.63, 3.8) is 0 Å². The Hall–Kier alpha value is -1.94. The van der Waals surface area contributed by atoms with Gasteiger partial charge in [0.15, 0.2) is 17.6 Å². The third-order valence-electron chi connectivity index (χ3n) is 5.70. The van der Waals surface area contributed by atoms with E-state index in [1.165, 1.54) is 16.7 Å². The molecular formula is C18H19NO3. The van der Waals surface area contributed by atoms with E-state index in [0.29, 0.717) is 6.04 Å². The van der Waals surface area contributed by atoms with Crippen LogP contribution in [-0.4, -0.2) is 32.9 Å². The Morgan fingerprint density at radius 1 is 1.23 bits per heavy atom. The zero-order chi connectivity index (χ0) is 14.9. The van der Waals surface area contributed by atoms with Crippen molar-refractivity contribution in [3.05, 3.63) is 46.7 Å². The summed E-state index contributed by atoms with van der Waals surface area (Å²) in [5, 5.41) is 3.67. The van der Waals surface area contributed by atoms with Gasteiger partial charge in [-0.25, -0.2) is 0 Å². The first-order valence-corrected chi connectivity index (χ1v) is 7.86.